The average molecular weight is 221 g/mol. The molecule has 0 aliphatic rings. The van der Waals surface area contributed by atoms with Gasteiger partial charge < -0.3 is 11.1 Å². The van der Waals surface area contributed by atoms with Crippen LogP contribution in [0, 0.1) is 0 Å². The highest BCUT2D eigenvalue weighted by atomic mass is 16.2. The van der Waals surface area contributed by atoms with Crippen LogP contribution in [0.5, 0.6) is 0 Å². The topological polar surface area (TPSA) is 58.4 Å². The van der Waals surface area contributed by atoms with Crippen LogP contribution in [-0.4, -0.2) is 30.9 Å². The quantitative estimate of drug-likeness (QED) is 0.741. The van der Waals surface area contributed by atoms with Crippen molar-refractivity contribution in [3.8, 4) is 0 Å². The van der Waals surface area contributed by atoms with Crippen molar-refractivity contribution < 1.29 is 4.79 Å². The van der Waals surface area contributed by atoms with Gasteiger partial charge in [-0.25, -0.2) is 0 Å². The molecule has 1 aromatic rings. The fourth-order valence-corrected chi connectivity index (χ4v) is 1.49. The Bertz CT molecular complexity index is 365. The van der Waals surface area contributed by atoms with Crippen LogP contribution >= 0.6 is 0 Å². The summed E-state index contributed by atoms with van der Waals surface area (Å²) in [5.74, 6) is 0.0111. The first-order valence-corrected chi connectivity index (χ1v) is 5.31. The van der Waals surface area contributed by atoms with E-state index in [1.54, 1.807) is 7.05 Å². The molecule has 0 aromatic heterocycles. The Morgan fingerprint density at radius 3 is 2.69 bits per heavy atom. The number of carbonyl (C=O) groups is 1. The number of benzene rings is 1. The molecule has 3 N–H and O–H groups in total. The van der Waals surface area contributed by atoms with Crippen LogP contribution in [0.2, 0.25) is 0 Å². The number of hydrogen-bond donors (Lipinski definition) is 2. The van der Waals surface area contributed by atoms with Crippen LogP contribution in [0.3, 0.4) is 0 Å². The first kappa shape index (κ1) is 12.5. The van der Waals surface area contributed by atoms with E-state index in [-0.39, 0.29) is 11.9 Å². The smallest absolute Gasteiger partial charge is 0.236 e. The summed E-state index contributed by atoms with van der Waals surface area (Å²) < 4.78 is 0. The lowest BCUT2D eigenvalue weighted by atomic mass is 10.1. The Morgan fingerprint density at radius 2 is 2.12 bits per heavy atom. The van der Waals surface area contributed by atoms with Crippen molar-refractivity contribution in [3.05, 3.63) is 29.8 Å². The summed E-state index contributed by atoms with van der Waals surface area (Å²) in [6, 6.07) is 7.53. The molecule has 0 aliphatic carbocycles. The van der Waals surface area contributed by atoms with Crippen molar-refractivity contribution >= 4 is 11.6 Å². The molecular weight excluding hydrogens is 202 g/mol. The van der Waals surface area contributed by atoms with Crippen LogP contribution < -0.4 is 11.1 Å². The molecular formula is C12H19N3O. The van der Waals surface area contributed by atoms with Crippen molar-refractivity contribution in [2.45, 2.75) is 19.5 Å². The monoisotopic (exact) mass is 221 g/mol. The Labute approximate surface area is 96.4 Å². The molecule has 1 rings (SSSR count). The summed E-state index contributed by atoms with van der Waals surface area (Å²) >= 11 is 0. The molecule has 1 aromatic carbocycles. The van der Waals surface area contributed by atoms with Crippen LogP contribution in [0.1, 0.15) is 12.5 Å². The Kier molecular flexibility index (Phi) is 4.31. The highest BCUT2D eigenvalue weighted by Gasteiger charge is 2.16. The minimum atomic E-state index is -0.162. The molecule has 0 heterocycles. The van der Waals surface area contributed by atoms with Gasteiger partial charge in [-0.05, 0) is 25.6 Å². The van der Waals surface area contributed by atoms with Gasteiger partial charge in [0.15, 0.2) is 0 Å². The summed E-state index contributed by atoms with van der Waals surface area (Å²) in [4.78, 5) is 13.4. The van der Waals surface area contributed by atoms with Crippen molar-refractivity contribution in [1.82, 2.24) is 10.2 Å². The summed E-state index contributed by atoms with van der Waals surface area (Å²) in [6.07, 6.45) is 0. The highest BCUT2D eigenvalue weighted by molar-refractivity contribution is 5.80. The van der Waals surface area contributed by atoms with E-state index in [9.17, 15) is 4.79 Å². The normalized spacial score (nSPS) is 12.5. The van der Waals surface area contributed by atoms with Gasteiger partial charge >= 0.3 is 0 Å². The van der Waals surface area contributed by atoms with E-state index in [1.807, 2.05) is 43.1 Å². The van der Waals surface area contributed by atoms with E-state index in [4.69, 9.17) is 5.73 Å². The van der Waals surface area contributed by atoms with Gasteiger partial charge in [-0.1, -0.05) is 18.2 Å². The van der Waals surface area contributed by atoms with Crippen molar-refractivity contribution in [1.29, 1.82) is 0 Å². The molecule has 0 radical (unpaired) electrons. The number of nitrogens with zero attached hydrogens (tertiary/aromatic N) is 1. The highest BCUT2D eigenvalue weighted by Crippen LogP contribution is 2.13. The van der Waals surface area contributed by atoms with Crippen LogP contribution in [-0.2, 0) is 11.3 Å². The largest absolute Gasteiger partial charge is 0.398 e. The molecule has 4 nitrogen and oxygen atoms in total. The third-order valence-corrected chi connectivity index (χ3v) is 2.76. The van der Waals surface area contributed by atoms with Crippen molar-refractivity contribution in [3.63, 3.8) is 0 Å². The van der Waals surface area contributed by atoms with E-state index >= 15 is 0 Å². The summed E-state index contributed by atoms with van der Waals surface area (Å²) in [5.41, 5.74) is 7.66. The number of nitrogen functional groups attached to an aromatic ring is 1. The van der Waals surface area contributed by atoms with Gasteiger partial charge in [0.25, 0.3) is 0 Å². The lowest BCUT2D eigenvalue weighted by Crippen LogP contribution is -2.41. The Morgan fingerprint density at radius 1 is 1.50 bits per heavy atom. The molecule has 1 atom stereocenters. The molecule has 0 bridgehead atoms. The molecule has 1 amide bonds. The molecule has 1 unspecified atom stereocenters. The second-order valence-electron chi connectivity index (χ2n) is 3.90. The summed E-state index contributed by atoms with van der Waals surface area (Å²) in [7, 11) is 3.55. The lowest BCUT2D eigenvalue weighted by Gasteiger charge is -2.23. The van der Waals surface area contributed by atoms with Gasteiger partial charge in [-0.15, -0.1) is 0 Å². The number of carbonyl (C=O) groups excluding carboxylic acids is 1. The first-order chi connectivity index (χ1) is 7.56. The second-order valence-corrected chi connectivity index (χ2v) is 3.90. The maximum Gasteiger partial charge on any atom is 0.236 e. The second kappa shape index (κ2) is 5.51. The van der Waals surface area contributed by atoms with E-state index in [0.29, 0.717) is 6.54 Å². The van der Waals surface area contributed by atoms with E-state index in [1.165, 1.54) is 0 Å². The van der Waals surface area contributed by atoms with Gasteiger partial charge in [0, 0.05) is 19.3 Å². The molecule has 16 heavy (non-hydrogen) atoms. The molecule has 88 valence electrons. The standard InChI is InChI=1S/C12H19N3O/c1-9(12(16)14-2)15(3)8-10-6-4-5-7-11(10)13/h4-7,9H,8,13H2,1-3H3,(H,14,16). The summed E-state index contributed by atoms with van der Waals surface area (Å²) in [5, 5.41) is 2.63. The molecule has 0 saturated heterocycles. The maximum absolute atomic E-state index is 11.4. The van der Waals surface area contributed by atoms with E-state index in [0.717, 1.165) is 11.3 Å². The van der Waals surface area contributed by atoms with Gasteiger partial charge in [-0.2, -0.15) is 0 Å². The molecule has 4 heteroatoms. The van der Waals surface area contributed by atoms with Crippen LogP contribution in [0.25, 0.3) is 0 Å². The number of para-hydroxylation sites is 1. The van der Waals surface area contributed by atoms with Crippen molar-refractivity contribution in [2.75, 3.05) is 19.8 Å². The third-order valence-electron chi connectivity index (χ3n) is 2.76. The van der Waals surface area contributed by atoms with E-state index < -0.39 is 0 Å². The third kappa shape index (κ3) is 2.97. The fraction of sp³-hybridized carbons (Fsp3) is 0.417. The van der Waals surface area contributed by atoms with E-state index in [2.05, 4.69) is 5.32 Å². The molecule has 0 aliphatic heterocycles. The predicted molar refractivity (Wildman–Crippen MR) is 65.9 cm³/mol. The maximum atomic E-state index is 11.4. The van der Waals surface area contributed by atoms with Gasteiger partial charge in [0.1, 0.15) is 0 Å². The van der Waals surface area contributed by atoms with Crippen LogP contribution in [0.15, 0.2) is 24.3 Å². The molecule has 0 spiro atoms. The number of nitrogens with two attached hydrogens (primary N) is 1. The number of amides is 1. The number of likely N-dealkylation sites (N-methyl/N-ethyl adjacent to an activating group) is 2. The predicted octanol–water partition coefficient (Wildman–Crippen LogP) is 0.835. The average Bonchev–Trinajstić information content (AvgIpc) is 2.30. The number of anilines is 1. The Hall–Kier alpha value is -1.55. The minimum Gasteiger partial charge on any atom is -0.398 e. The molecule has 0 fully saturated rings. The fourth-order valence-electron chi connectivity index (χ4n) is 1.49. The number of nitrogens with one attached hydrogen (secondary N) is 1. The zero-order chi connectivity index (χ0) is 12.1. The number of hydrogen-bond acceptors (Lipinski definition) is 3. The zero-order valence-electron chi connectivity index (χ0n) is 10.0. The number of rotatable bonds is 4. The van der Waals surface area contributed by atoms with Gasteiger partial charge in [0.05, 0.1) is 6.04 Å². The minimum absolute atomic E-state index is 0.0111. The molecule has 0 saturated carbocycles. The Balaban J connectivity index is 2.68. The summed E-state index contributed by atoms with van der Waals surface area (Å²) in [6.45, 7) is 2.54. The van der Waals surface area contributed by atoms with Gasteiger partial charge in [0.2, 0.25) is 5.91 Å². The van der Waals surface area contributed by atoms with Crippen LogP contribution in [0.4, 0.5) is 5.69 Å². The SMILES string of the molecule is CNC(=O)C(C)N(C)Cc1ccccc1N. The lowest BCUT2D eigenvalue weighted by molar-refractivity contribution is -0.125. The van der Waals surface area contributed by atoms with Gasteiger partial charge in [-0.3, -0.25) is 9.69 Å². The van der Waals surface area contributed by atoms with Crippen molar-refractivity contribution in [2.24, 2.45) is 0 Å². The first-order valence-electron chi connectivity index (χ1n) is 5.31. The zero-order valence-corrected chi connectivity index (χ0v) is 10.0.